The summed E-state index contributed by atoms with van der Waals surface area (Å²) < 4.78 is 38.0. The number of nitrogens with zero attached hydrogens (tertiary/aromatic N) is 3. The van der Waals surface area contributed by atoms with E-state index in [1.165, 1.54) is 11.1 Å². The van der Waals surface area contributed by atoms with Crippen LogP contribution in [-0.2, 0) is 50.4 Å². The number of rotatable bonds is 18. The molecule has 244 valence electrons. The van der Waals surface area contributed by atoms with Crippen molar-refractivity contribution in [2.45, 2.75) is 83.7 Å². The maximum absolute atomic E-state index is 11.9. The number of phosphoric ester groups is 1. The van der Waals surface area contributed by atoms with Crippen LogP contribution in [0.2, 0.25) is 0 Å². The highest BCUT2D eigenvalue weighted by Crippen LogP contribution is 2.36. The second-order valence-corrected chi connectivity index (χ2v) is 10.6. The summed E-state index contributed by atoms with van der Waals surface area (Å²) in [6, 6.07) is 0. The lowest BCUT2D eigenvalue weighted by Gasteiger charge is -2.41. The standard InChI is InChI=1S/C21H38N5O12P.C3H8/c1-3-16(28)22-6-7-23-17(29)5-10-36-21-19(31)18(30)20(15(13-27)38-21)35-9-4-14-12-26(25-24-14)8-11-37-39(32,33)34-2;1-3-2/h12,15,18-21,27,30-31H,3-11,13H2,1-2H3,(H,22,28)(H,23,29)(H,32,33);3H2,1-2H3/p-1. The van der Waals surface area contributed by atoms with E-state index in [4.69, 9.17) is 14.2 Å². The van der Waals surface area contributed by atoms with Gasteiger partial charge in [0.05, 0.1) is 45.1 Å². The first-order valence-corrected chi connectivity index (χ1v) is 15.3. The van der Waals surface area contributed by atoms with Crippen LogP contribution < -0.4 is 15.5 Å². The van der Waals surface area contributed by atoms with Gasteiger partial charge < -0.3 is 54.1 Å². The van der Waals surface area contributed by atoms with Crippen molar-refractivity contribution in [3.05, 3.63) is 11.9 Å². The van der Waals surface area contributed by atoms with E-state index in [2.05, 4.69) is 43.8 Å². The zero-order valence-corrected chi connectivity index (χ0v) is 25.4. The van der Waals surface area contributed by atoms with Crippen molar-refractivity contribution in [2.75, 3.05) is 46.6 Å². The summed E-state index contributed by atoms with van der Waals surface area (Å²) in [5, 5.41) is 43.7. The number of aliphatic hydroxyl groups excluding tert-OH is 3. The SMILES string of the molecule is CCC.CCC(=O)NCCNC(=O)CCOC1OC(CO)C(OCCc2cn(CCOP(=O)([O-])OC)nn2)C(O)C1O. The van der Waals surface area contributed by atoms with Crippen LogP contribution in [0.25, 0.3) is 0 Å². The maximum Gasteiger partial charge on any atom is 0.267 e. The molecule has 1 saturated heterocycles. The fourth-order valence-corrected chi connectivity index (χ4v) is 3.85. The van der Waals surface area contributed by atoms with Crippen molar-refractivity contribution in [2.24, 2.45) is 0 Å². The fraction of sp³-hybridized carbons (Fsp3) is 0.833. The molecule has 1 aliphatic heterocycles. The summed E-state index contributed by atoms with van der Waals surface area (Å²) in [7, 11) is -3.34. The van der Waals surface area contributed by atoms with Gasteiger partial charge in [0, 0.05) is 39.2 Å². The molecule has 6 atom stereocenters. The molecule has 6 unspecified atom stereocenters. The second-order valence-electron chi connectivity index (χ2n) is 9.11. The Bertz CT molecular complexity index is 953. The summed E-state index contributed by atoms with van der Waals surface area (Å²) in [6.45, 7) is 5.82. The number of phosphoric acid groups is 1. The Morgan fingerprint density at radius 2 is 1.76 bits per heavy atom. The quantitative estimate of drug-likeness (QED) is 0.0897. The number of carbonyl (C=O) groups is 2. The smallest absolute Gasteiger partial charge is 0.267 e. The Morgan fingerprint density at radius 3 is 2.38 bits per heavy atom. The van der Waals surface area contributed by atoms with Crippen LogP contribution >= 0.6 is 7.82 Å². The third-order valence-electron chi connectivity index (χ3n) is 5.57. The number of ether oxygens (including phenoxy) is 3. The van der Waals surface area contributed by atoms with E-state index >= 15 is 0 Å². The minimum Gasteiger partial charge on any atom is -0.756 e. The maximum atomic E-state index is 11.9. The molecule has 1 aromatic heterocycles. The van der Waals surface area contributed by atoms with E-state index in [1.54, 1.807) is 13.1 Å². The molecule has 0 saturated carbocycles. The molecule has 0 aliphatic carbocycles. The lowest BCUT2D eigenvalue weighted by atomic mass is 9.99. The van der Waals surface area contributed by atoms with Gasteiger partial charge in [0.15, 0.2) is 6.29 Å². The number of aromatic nitrogens is 3. The highest BCUT2D eigenvalue weighted by atomic mass is 31.2. The van der Waals surface area contributed by atoms with E-state index in [0.29, 0.717) is 18.7 Å². The van der Waals surface area contributed by atoms with Gasteiger partial charge in [-0.15, -0.1) is 5.10 Å². The van der Waals surface area contributed by atoms with Crippen LogP contribution in [0.4, 0.5) is 0 Å². The van der Waals surface area contributed by atoms with Gasteiger partial charge >= 0.3 is 0 Å². The van der Waals surface area contributed by atoms with E-state index in [9.17, 15) is 34.4 Å². The van der Waals surface area contributed by atoms with Crippen molar-refractivity contribution in [1.29, 1.82) is 0 Å². The zero-order valence-electron chi connectivity index (χ0n) is 24.5. The van der Waals surface area contributed by atoms with E-state index in [1.807, 2.05) is 0 Å². The summed E-state index contributed by atoms with van der Waals surface area (Å²) in [6.07, 6.45) is -2.97. The Balaban J connectivity index is 0.00000281. The third kappa shape index (κ3) is 14.4. The Labute approximate surface area is 245 Å². The molecule has 1 aromatic rings. The molecule has 18 heteroatoms. The summed E-state index contributed by atoms with van der Waals surface area (Å²) >= 11 is 0. The largest absolute Gasteiger partial charge is 0.756 e. The van der Waals surface area contributed by atoms with Gasteiger partial charge in [0.25, 0.3) is 7.82 Å². The first-order chi connectivity index (χ1) is 20.0. The molecule has 0 spiro atoms. The van der Waals surface area contributed by atoms with Crippen molar-refractivity contribution in [3.8, 4) is 0 Å². The number of amides is 2. The zero-order chi connectivity index (χ0) is 31.5. The van der Waals surface area contributed by atoms with E-state index < -0.39 is 45.1 Å². The molecule has 0 radical (unpaired) electrons. The van der Waals surface area contributed by atoms with Gasteiger partial charge in [-0.3, -0.25) is 14.2 Å². The summed E-state index contributed by atoms with van der Waals surface area (Å²) in [5.74, 6) is -0.458. The minimum atomic E-state index is -4.33. The Morgan fingerprint density at radius 1 is 1.10 bits per heavy atom. The predicted octanol–water partition coefficient (Wildman–Crippen LogP) is -1.76. The summed E-state index contributed by atoms with van der Waals surface area (Å²) in [4.78, 5) is 34.2. The molecule has 2 rings (SSSR count). The molecule has 0 aromatic carbocycles. The topological polar surface area (TPSA) is 236 Å². The first kappa shape index (κ1) is 38.0. The van der Waals surface area contributed by atoms with E-state index in [0.717, 1.165) is 7.11 Å². The Kier molecular flexibility index (Phi) is 18.8. The number of nitrogens with one attached hydrogen (secondary N) is 2. The number of hydrogen-bond acceptors (Lipinski definition) is 14. The molecule has 1 fully saturated rings. The lowest BCUT2D eigenvalue weighted by molar-refractivity contribution is -0.307. The highest BCUT2D eigenvalue weighted by Gasteiger charge is 2.45. The average molecular weight is 627 g/mol. The normalized spacial score (nSPS) is 23.4. The molecule has 1 aliphatic rings. The highest BCUT2D eigenvalue weighted by molar-refractivity contribution is 7.45. The molecule has 42 heavy (non-hydrogen) atoms. The van der Waals surface area contributed by atoms with Gasteiger partial charge in [-0.05, 0) is 0 Å². The monoisotopic (exact) mass is 626 g/mol. The van der Waals surface area contributed by atoms with Gasteiger partial charge in [-0.1, -0.05) is 32.4 Å². The fourth-order valence-electron chi connectivity index (χ4n) is 3.44. The molecule has 0 bridgehead atoms. The van der Waals surface area contributed by atoms with Crippen LogP contribution in [0.15, 0.2) is 6.20 Å². The van der Waals surface area contributed by atoms with Crippen LogP contribution in [0.3, 0.4) is 0 Å². The van der Waals surface area contributed by atoms with Gasteiger partial charge in [0.1, 0.15) is 24.4 Å². The van der Waals surface area contributed by atoms with Crippen molar-refractivity contribution in [1.82, 2.24) is 25.6 Å². The average Bonchev–Trinajstić information content (AvgIpc) is 3.42. The van der Waals surface area contributed by atoms with Gasteiger partial charge in [-0.25, -0.2) is 4.68 Å². The van der Waals surface area contributed by atoms with Gasteiger partial charge in [0.2, 0.25) is 11.8 Å². The molecule has 2 amide bonds. The van der Waals surface area contributed by atoms with Crippen LogP contribution in [0.1, 0.15) is 45.7 Å². The minimum absolute atomic E-state index is 0.0351. The number of hydrogen-bond donors (Lipinski definition) is 5. The number of carbonyl (C=O) groups excluding carboxylic acids is 2. The Hall–Kier alpha value is -2.05. The lowest BCUT2D eigenvalue weighted by Crippen LogP contribution is -2.60. The first-order valence-electron chi connectivity index (χ1n) is 13.8. The second kappa shape index (κ2) is 20.8. The van der Waals surface area contributed by atoms with E-state index in [-0.39, 0.29) is 57.6 Å². The van der Waals surface area contributed by atoms with Crippen LogP contribution in [0, 0.1) is 0 Å². The van der Waals surface area contributed by atoms with Crippen molar-refractivity contribution in [3.63, 3.8) is 0 Å². The molecular formula is C24H45N5O12P-. The number of aliphatic hydroxyl groups is 3. The van der Waals surface area contributed by atoms with Crippen LogP contribution in [0.5, 0.6) is 0 Å². The van der Waals surface area contributed by atoms with Crippen molar-refractivity contribution >= 4 is 19.6 Å². The molecular weight excluding hydrogens is 581 g/mol. The third-order valence-corrected chi connectivity index (χ3v) is 6.52. The van der Waals surface area contributed by atoms with Gasteiger partial charge in [-0.2, -0.15) is 0 Å². The summed E-state index contributed by atoms with van der Waals surface area (Å²) in [5.41, 5.74) is 0.506. The predicted molar refractivity (Wildman–Crippen MR) is 145 cm³/mol. The van der Waals surface area contributed by atoms with Crippen molar-refractivity contribution < 1.29 is 57.6 Å². The molecule has 5 N–H and O–H groups in total. The molecule has 17 nitrogen and oxygen atoms in total. The van der Waals surface area contributed by atoms with Crippen LogP contribution in [-0.4, -0.2) is 119 Å². The molecule has 2 heterocycles.